The first-order valence-electron chi connectivity index (χ1n) is 7.86. The highest BCUT2D eigenvalue weighted by Crippen LogP contribution is 2.26. The SMILES string of the molecule is CCCCCOCCCC(C)c1ccc(OC(F)(F)F)cc1. The second-order valence-corrected chi connectivity index (χ2v) is 5.48. The lowest BCUT2D eigenvalue weighted by atomic mass is 9.96. The normalized spacial score (nSPS) is 13.1. The Balaban J connectivity index is 2.26. The van der Waals surface area contributed by atoms with Gasteiger partial charge in [0, 0.05) is 13.2 Å². The van der Waals surface area contributed by atoms with E-state index >= 15 is 0 Å². The van der Waals surface area contributed by atoms with Crippen LogP contribution in [0.25, 0.3) is 0 Å². The van der Waals surface area contributed by atoms with Crippen molar-refractivity contribution in [2.45, 2.75) is 58.2 Å². The van der Waals surface area contributed by atoms with E-state index in [0.717, 1.165) is 38.0 Å². The summed E-state index contributed by atoms with van der Waals surface area (Å²) in [7, 11) is 0. The minimum Gasteiger partial charge on any atom is -0.406 e. The zero-order valence-corrected chi connectivity index (χ0v) is 13.3. The average Bonchev–Trinajstić information content (AvgIpc) is 2.45. The molecule has 0 spiro atoms. The third-order valence-corrected chi connectivity index (χ3v) is 3.50. The first kappa shape index (κ1) is 18.8. The van der Waals surface area contributed by atoms with Gasteiger partial charge in [-0.25, -0.2) is 0 Å². The Morgan fingerprint density at radius 1 is 1.00 bits per heavy atom. The van der Waals surface area contributed by atoms with Gasteiger partial charge in [-0.2, -0.15) is 0 Å². The van der Waals surface area contributed by atoms with Crippen molar-refractivity contribution in [3.8, 4) is 5.75 Å². The van der Waals surface area contributed by atoms with Crippen LogP contribution >= 0.6 is 0 Å². The van der Waals surface area contributed by atoms with Crippen molar-refractivity contribution >= 4 is 0 Å². The molecule has 1 aromatic rings. The molecule has 0 saturated carbocycles. The summed E-state index contributed by atoms with van der Waals surface area (Å²) in [6.07, 6.45) is 0.757. The monoisotopic (exact) mass is 318 g/mol. The molecule has 126 valence electrons. The van der Waals surface area contributed by atoms with Crippen LogP contribution in [0.5, 0.6) is 5.75 Å². The van der Waals surface area contributed by atoms with Gasteiger partial charge >= 0.3 is 6.36 Å². The lowest BCUT2D eigenvalue weighted by Gasteiger charge is -2.13. The Hall–Kier alpha value is -1.23. The summed E-state index contributed by atoms with van der Waals surface area (Å²) >= 11 is 0. The van der Waals surface area contributed by atoms with Crippen LogP contribution < -0.4 is 4.74 Å². The second-order valence-electron chi connectivity index (χ2n) is 5.48. The minimum absolute atomic E-state index is 0.178. The van der Waals surface area contributed by atoms with Gasteiger partial charge in [0.15, 0.2) is 0 Å². The Morgan fingerprint density at radius 2 is 1.64 bits per heavy atom. The zero-order chi connectivity index (χ0) is 16.4. The molecule has 0 N–H and O–H groups in total. The topological polar surface area (TPSA) is 18.5 Å². The summed E-state index contributed by atoms with van der Waals surface area (Å²) in [6.45, 7) is 5.78. The Labute approximate surface area is 130 Å². The highest BCUT2D eigenvalue weighted by atomic mass is 19.4. The number of halogens is 3. The highest BCUT2D eigenvalue weighted by molar-refractivity contribution is 5.29. The lowest BCUT2D eigenvalue weighted by molar-refractivity contribution is -0.274. The standard InChI is InChI=1S/C17H25F3O2/c1-3-4-5-12-21-13-6-7-14(2)15-8-10-16(11-9-15)22-17(18,19)20/h8-11,14H,3-7,12-13H2,1-2H3. The molecule has 0 saturated heterocycles. The third-order valence-electron chi connectivity index (χ3n) is 3.50. The summed E-state index contributed by atoms with van der Waals surface area (Å²) in [6, 6.07) is 6.10. The summed E-state index contributed by atoms with van der Waals surface area (Å²) < 4.78 is 45.7. The van der Waals surface area contributed by atoms with Gasteiger partial charge < -0.3 is 9.47 Å². The molecule has 0 radical (unpaired) electrons. The van der Waals surface area contributed by atoms with Crippen molar-refractivity contribution in [2.24, 2.45) is 0 Å². The van der Waals surface area contributed by atoms with E-state index in [-0.39, 0.29) is 5.75 Å². The van der Waals surface area contributed by atoms with Gasteiger partial charge in [0.1, 0.15) is 5.75 Å². The first-order valence-corrected chi connectivity index (χ1v) is 7.86. The van der Waals surface area contributed by atoms with Crippen molar-refractivity contribution in [2.75, 3.05) is 13.2 Å². The maximum atomic E-state index is 12.1. The van der Waals surface area contributed by atoms with E-state index in [1.54, 1.807) is 12.1 Å². The maximum Gasteiger partial charge on any atom is 0.573 e. The number of rotatable bonds is 10. The predicted octanol–water partition coefficient (Wildman–Crippen LogP) is 5.68. The van der Waals surface area contributed by atoms with Gasteiger partial charge in [0.25, 0.3) is 0 Å². The molecular weight excluding hydrogens is 293 g/mol. The molecule has 1 atom stereocenters. The quantitative estimate of drug-likeness (QED) is 0.517. The summed E-state index contributed by atoms with van der Waals surface area (Å²) in [5, 5.41) is 0. The van der Waals surface area contributed by atoms with E-state index in [1.807, 2.05) is 0 Å². The Bertz CT molecular complexity index is 401. The molecule has 0 heterocycles. The van der Waals surface area contributed by atoms with Gasteiger partial charge in [-0.05, 0) is 42.9 Å². The molecule has 0 fully saturated rings. The molecule has 1 rings (SSSR count). The molecule has 5 heteroatoms. The summed E-state index contributed by atoms with van der Waals surface area (Å²) in [5.74, 6) is 0.113. The molecule has 1 aromatic carbocycles. The Morgan fingerprint density at radius 3 is 2.23 bits per heavy atom. The van der Waals surface area contributed by atoms with Crippen LogP contribution in [0, 0.1) is 0 Å². The number of benzene rings is 1. The number of hydrogen-bond acceptors (Lipinski definition) is 2. The average molecular weight is 318 g/mol. The number of unbranched alkanes of at least 4 members (excludes halogenated alkanes) is 2. The molecule has 0 aliphatic heterocycles. The molecule has 0 amide bonds. The fraction of sp³-hybridized carbons (Fsp3) is 0.647. The zero-order valence-electron chi connectivity index (χ0n) is 13.3. The van der Waals surface area contributed by atoms with E-state index in [1.165, 1.54) is 25.0 Å². The van der Waals surface area contributed by atoms with E-state index in [4.69, 9.17) is 4.74 Å². The molecule has 0 aliphatic rings. The number of alkyl halides is 3. The first-order chi connectivity index (χ1) is 10.4. The predicted molar refractivity (Wildman–Crippen MR) is 81.1 cm³/mol. The van der Waals surface area contributed by atoms with Crippen molar-refractivity contribution < 1.29 is 22.6 Å². The van der Waals surface area contributed by atoms with Crippen LogP contribution in [0.15, 0.2) is 24.3 Å². The van der Waals surface area contributed by atoms with E-state index < -0.39 is 6.36 Å². The van der Waals surface area contributed by atoms with Crippen LogP contribution in [-0.4, -0.2) is 19.6 Å². The molecule has 2 nitrogen and oxygen atoms in total. The third kappa shape index (κ3) is 8.27. The van der Waals surface area contributed by atoms with E-state index in [2.05, 4.69) is 18.6 Å². The minimum atomic E-state index is -4.64. The molecule has 0 bridgehead atoms. The largest absolute Gasteiger partial charge is 0.573 e. The number of hydrogen-bond donors (Lipinski definition) is 0. The molecule has 0 aliphatic carbocycles. The van der Waals surface area contributed by atoms with E-state index in [9.17, 15) is 13.2 Å². The van der Waals surface area contributed by atoms with Crippen molar-refractivity contribution in [1.29, 1.82) is 0 Å². The van der Waals surface area contributed by atoms with Crippen LogP contribution in [0.4, 0.5) is 13.2 Å². The van der Waals surface area contributed by atoms with Crippen molar-refractivity contribution in [3.05, 3.63) is 29.8 Å². The molecule has 22 heavy (non-hydrogen) atoms. The van der Waals surface area contributed by atoms with Gasteiger partial charge in [0.05, 0.1) is 0 Å². The molecular formula is C17H25F3O2. The van der Waals surface area contributed by atoms with Gasteiger partial charge in [-0.3, -0.25) is 0 Å². The van der Waals surface area contributed by atoms with Crippen LogP contribution in [-0.2, 0) is 4.74 Å². The second kappa shape index (κ2) is 9.72. The fourth-order valence-electron chi connectivity index (χ4n) is 2.21. The van der Waals surface area contributed by atoms with E-state index in [0.29, 0.717) is 5.92 Å². The molecule has 1 unspecified atom stereocenters. The van der Waals surface area contributed by atoms with Crippen LogP contribution in [0.1, 0.15) is 57.4 Å². The highest BCUT2D eigenvalue weighted by Gasteiger charge is 2.30. The van der Waals surface area contributed by atoms with Gasteiger partial charge in [-0.1, -0.05) is 38.8 Å². The van der Waals surface area contributed by atoms with Crippen LogP contribution in [0.2, 0.25) is 0 Å². The number of ether oxygens (including phenoxy) is 2. The summed E-state index contributed by atoms with van der Waals surface area (Å²) in [4.78, 5) is 0. The summed E-state index contributed by atoms with van der Waals surface area (Å²) in [5.41, 5.74) is 1.01. The Kier molecular flexibility index (Phi) is 8.31. The van der Waals surface area contributed by atoms with Crippen molar-refractivity contribution in [3.63, 3.8) is 0 Å². The van der Waals surface area contributed by atoms with Crippen LogP contribution in [0.3, 0.4) is 0 Å². The van der Waals surface area contributed by atoms with Gasteiger partial charge in [-0.15, -0.1) is 13.2 Å². The lowest BCUT2D eigenvalue weighted by Crippen LogP contribution is -2.17. The smallest absolute Gasteiger partial charge is 0.406 e. The maximum absolute atomic E-state index is 12.1. The fourth-order valence-corrected chi connectivity index (χ4v) is 2.21. The molecule has 0 aromatic heterocycles. The van der Waals surface area contributed by atoms with Crippen molar-refractivity contribution in [1.82, 2.24) is 0 Å². The van der Waals surface area contributed by atoms with Gasteiger partial charge in [0.2, 0.25) is 0 Å².